The molecule has 0 heterocycles. The minimum absolute atomic E-state index is 0.0398. The van der Waals surface area contributed by atoms with Gasteiger partial charge in [-0.25, -0.2) is 9.36 Å². The van der Waals surface area contributed by atoms with Crippen molar-refractivity contribution >= 4 is 13.8 Å². The van der Waals surface area contributed by atoms with Crippen LogP contribution in [0.25, 0.3) is 0 Å². The van der Waals surface area contributed by atoms with Gasteiger partial charge in [0.05, 0.1) is 13.2 Å². The van der Waals surface area contributed by atoms with E-state index in [9.17, 15) is 9.36 Å². The summed E-state index contributed by atoms with van der Waals surface area (Å²) in [5.74, 6) is 0. The monoisotopic (exact) mass is 303 g/mol. The Labute approximate surface area is 122 Å². The second-order valence-electron chi connectivity index (χ2n) is 4.18. The molecule has 2 rings (SSSR count). The van der Waals surface area contributed by atoms with Crippen LogP contribution in [-0.2, 0) is 31.6 Å². The van der Waals surface area contributed by atoms with Crippen molar-refractivity contribution in [2.45, 2.75) is 13.2 Å². The third kappa shape index (κ3) is 5.10. The maximum absolute atomic E-state index is 12.3. The van der Waals surface area contributed by atoms with Crippen LogP contribution in [0, 0.1) is 0 Å². The fraction of sp³-hybridized carbons (Fsp3) is 0.133. The van der Waals surface area contributed by atoms with Gasteiger partial charge in [0.25, 0.3) is 0 Å². The van der Waals surface area contributed by atoms with E-state index in [2.05, 4.69) is 4.76 Å². The average Bonchev–Trinajstić information content (AvgIpc) is 2.54. The summed E-state index contributed by atoms with van der Waals surface area (Å²) in [6.07, 6.45) is 1.24. The minimum atomic E-state index is -3.85. The summed E-state index contributed by atoms with van der Waals surface area (Å²) in [6, 6.07) is 18.3. The average molecular weight is 303 g/mol. The van der Waals surface area contributed by atoms with Gasteiger partial charge < -0.3 is 0 Å². The number of hydrogen-bond acceptors (Lipinski definition) is 4. The van der Waals surface area contributed by atoms with Crippen molar-refractivity contribution in [3.63, 3.8) is 0 Å². The van der Waals surface area contributed by atoms with E-state index in [0.717, 1.165) is 11.1 Å². The Kier molecular flexibility index (Phi) is 5.61. The van der Waals surface area contributed by atoms with Gasteiger partial charge in [0.2, 0.25) is 6.08 Å². The Bertz CT molecular complexity index is 606. The first-order valence-electron chi connectivity index (χ1n) is 6.28. The third-order valence-electron chi connectivity index (χ3n) is 2.64. The summed E-state index contributed by atoms with van der Waals surface area (Å²) in [5, 5.41) is 0. The van der Waals surface area contributed by atoms with E-state index >= 15 is 0 Å². The molecule has 108 valence electrons. The predicted molar refractivity (Wildman–Crippen MR) is 78.2 cm³/mol. The Morgan fingerprint density at radius 1 is 0.857 bits per heavy atom. The maximum atomic E-state index is 12.3. The SMILES string of the molecule is O=C=NP(=O)(OCc1ccccc1)OCc1ccccc1. The number of isocyanates is 1. The van der Waals surface area contributed by atoms with Crippen molar-refractivity contribution in [1.29, 1.82) is 0 Å². The van der Waals surface area contributed by atoms with E-state index in [-0.39, 0.29) is 13.2 Å². The molecule has 0 saturated heterocycles. The minimum Gasteiger partial charge on any atom is -0.286 e. The number of benzene rings is 2. The number of carbonyl (C=O) groups excluding carboxylic acids is 1. The fourth-order valence-corrected chi connectivity index (χ4v) is 2.52. The molecular formula is C15H14NO4P. The van der Waals surface area contributed by atoms with Gasteiger partial charge in [0.1, 0.15) is 0 Å². The lowest BCUT2D eigenvalue weighted by Gasteiger charge is -2.12. The molecule has 0 radical (unpaired) electrons. The van der Waals surface area contributed by atoms with E-state index in [1.54, 1.807) is 0 Å². The number of nitrogens with zero attached hydrogens (tertiary/aromatic N) is 1. The van der Waals surface area contributed by atoms with Crippen LogP contribution in [0.15, 0.2) is 65.4 Å². The molecule has 0 aromatic heterocycles. The Balaban J connectivity index is 1.99. The van der Waals surface area contributed by atoms with Gasteiger partial charge >= 0.3 is 7.75 Å². The highest BCUT2D eigenvalue weighted by Crippen LogP contribution is 2.50. The predicted octanol–water partition coefficient (Wildman–Crippen LogP) is 3.86. The van der Waals surface area contributed by atoms with Crippen molar-refractivity contribution in [1.82, 2.24) is 0 Å². The van der Waals surface area contributed by atoms with Crippen LogP contribution >= 0.6 is 7.75 Å². The molecule has 0 atom stereocenters. The molecule has 21 heavy (non-hydrogen) atoms. The van der Waals surface area contributed by atoms with Gasteiger partial charge in [0, 0.05) is 0 Å². The smallest absolute Gasteiger partial charge is 0.286 e. The van der Waals surface area contributed by atoms with Crippen molar-refractivity contribution in [3.05, 3.63) is 71.8 Å². The Morgan fingerprint density at radius 2 is 1.29 bits per heavy atom. The highest BCUT2D eigenvalue weighted by atomic mass is 31.2. The van der Waals surface area contributed by atoms with Gasteiger partial charge in [-0.2, -0.15) is 0 Å². The first-order chi connectivity index (χ1) is 10.2. The zero-order chi connectivity index (χ0) is 15.0. The zero-order valence-electron chi connectivity index (χ0n) is 11.2. The molecule has 0 fully saturated rings. The van der Waals surface area contributed by atoms with Crippen LogP contribution in [-0.4, -0.2) is 6.08 Å². The lowest BCUT2D eigenvalue weighted by atomic mass is 10.2. The summed E-state index contributed by atoms with van der Waals surface area (Å²) in [6.45, 7) is 0.0795. The Morgan fingerprint density at radius 3 is 1.67 bits per heavy atom. The summed E-state index contributed by atoms with van der Waals surface area (Å²) < 4.78 is 25.8. The maximum Gasteiger partial charge on any atom is 0.465 e. The first-order valence-corrected chi connectivity index (χ1v) is 7.78. The normalized spacial score (nSPS) is 10.9. The van der Waals surface area contributed by atoms with E-state index in [1.807, 2.05) is 60.7 Å². The molecule has 0 aliphatic carbocycles. The van der Waals surface area contributed by atoms with Crippen molar-refractivity contribution < 1.29 is 18.4 Å². The van der Waals surface area contributed by atoms with Gasteiger partial charge in [-0.3, -0.25) is 9.05 Å². The van der Waals surface area contributed by atoms with Crippen molar-refractivity contribution in [3.8, 4) is 0 Å². The summed E-state index contributed by atoms with van der Waals surface area (Å²) in [7, 11) is -3.85. The van der Waals surface area contributed by atoms with E-state index in [1.165, 1.54) is 6.08 Å². The van der Waals surface area contributed by atoms with Crippen LogP contribution in [0.2, 0.25) is 0 Å². The molecule has 0 aliphatic rings. The van der Waals surface area contributed by atoms with E-state index < -0.39 is 7.75 Å². The second-order valence-corrected chi connectivity index (χ2v) is 5.83. The molecular weight excluding hydrogens is 289 g/mol. The summed E-state index contributed by atoms with van der Waals surface area (Å²) in [5.41, 5.74) is 1.62. The third-order valence-corrected chi connectivity index (χ3v) is 3.88. The molecule has 0 unspecified atom stereocenters. The lowest BCUT2D eigenvalue weighted by molar-refractivity contribution is 0.192. The largest absolute Gasteiger partial charge is 0.465 e. The molecule has 0 bridgehead atoms. The van der Waals surface area contributed by atoms with Gasteiger partial charge in [-0.1, -0.05) is 65.4 Å². The Hall–Kier alpha value is -2.03. The first kappa shape index (κ1) is 15.4. The highest BCUT2D eigenvalue weighted by molar-refractivity contribution is 7.52. The van der Waals surface area contributed by atoms with E-state index in [0.29, 0.717) is 0 Å². The van der Waals surface area contributed by atoms with Gasteiger partial charge in [0.15, 0.2) is 0 Å². The standard InChI is InChI=1S/C15H14NO4P/c17-13-16-21(18,19-11-14-7-3-1-4-8-14)20-12-15-9-5-2-6-10-15/h1-10H,11-12H2. The fourth-order valence-electron chi connectivity index (χ4n) is 1.61. The topological polar surface area (TPSA) is 65.0 Å². The van der Waals surface area contributed by atoms with Crippen LogP contribution in [0.1, 0.15) is 11.1 Å². The van der Waals surface area contributed by atoms with Crippen molar-refractivity contribution in [2.24, 2.45) is 4.76 Å². The molecule has 0 aliphatic heterocycles. The van der Waals surface area contributed by atoms with Crippen molar-refractivity contribution in [2.75, 3.05) is 0 Å². The van der Waals surface area contributed by atoms with Crippen LogP contribution in [0.5, 0.6) is 0 Å². The van der Waals surface area contributed by atoms with E-state index in [4.69, 9.17) is 9.05 Å². The van der Waals surface area contributed by atoms with Crippen LogP contribution in [0.4, 0.5) is 0 Å². The molecule has 0 spiro atoms. The summed E-state index contributed by atoms with van der Waals surface area (Å²) >= 11 is 0. The van der Waals surface area contributed by atoms with Gasteiger partial charge in [-0.15, -0.1) is 0 Å². The number of rotatable bonds is 7. The second kappa shape index (κ2) is 7.67. The quantitative estimate of drug-likeness (QED) is 0.442. The molecule has 6 heteroatoms. The van der Waals surface area contributed by atoms with Crippen LogP contribution < -0.4 is 0 Å². The molecule has 0 amide bonds. The summed E-state index contributed by atoms with van der Waals surface area (Å²) in [4.78, 5) is 10.4. The number of hydrogen-bond donors (Lipinski definition) is 0. The molecule has 0 saturated carbocycles. The molecule has 2 aromatic carbocycles. The molecule has 5 nitrogen and oxygen atoms in total. The molecule has 2 aromatic rings. The molecule has 0 N–H and O–H groups in total. The highest BCUT2D eigenvalue weighted by Gasteiger charge is 2.24. The van der Waals surface area contributed by atoms with Gasteiger partial charge in [-0.05, 0) is 11.1 Å². The zero-order valence-corrected chi connectivity index (χ0v) is 12.1. The van der Waals surface area contributed by atoms with Crippen LogP contribution in [0.3, 0.4) is 0 Å². The lowest BCUT2D eigenvalue weighted by Crippen LogP contribution is -1.96.